The number of para-hydroxylation sites is 5. The monoisotopic (exact) mass is 820 g/mol. The minimum absolute atomic E-state index is 0.849. The first-order valence-corrected chi connectivity index (χ1v) is 21.7. The summed E-state index contributed by atoms with van der Waals surface area (Å²) in [5.74, 6) is 0. The van der Waals surface area contributed by atoms with E-state index in [1.165, 1.54) is 11.1 Å². The van der Waals surface area contributed by atoms with Gasteiger partial charge in [-0.05, 0) is 94.5 Å². The van der Waals surface area contributed by atoms with Gasteiger partial charge >= 0.3 is 0 Å². The zero-order valence-corrected chi connectivity index (χ0v) is 34.8. The van der Waals surface area contributed by atoms with Crippen molar-refractivity contribution in [2.24, 2.45) is 0 Å². The predicted octanol–water partition coefficient (Wildman–Crippen LogP) is 17.4. The van der Waals surface area contributed by atoms with Crippen LogP contribution in [0.15, 0.2) is 251 Å². The Labute approximate surface area is 371 Å². The molecule has 4 nitrogen and oxygen atoms in total. The average Bonchev–Trinajstić information content (AvgIpc) is 3.96. The molecule has 0 atom stereocenters. The Balaban J connectivity index is 0.920. The Bertz CT molecular complexity index is 3580. The highest BCUT2D eigenvalue weighted by Gasteiger charge is 2.22. The van der Waals surface area contributed by atoms with Crippen molar-refractivity contribution in [1.29, 1.82) is 0 Å². The SMILES string of the molecule is c1ccc(-c2ccc(N(c3ccc(-c4ccc(N(c5ccccc5)c5cccc6c5oc5c(-c7ccccc7)cccc56)cc4)cc3)c3cccc4c3oc3ccccc34)cc2)cc1. The number of anilines is 6. The van der Waals surface area contributed by atoms with Gasteiger partial charge in [-0.1, -0.05) is 176 Å². The van der Waals surface area contributed by atoms with Crippen LogP contribution in [-0.2, 0) is 0 Å². The van der Waals surface area contributed by atoms with Crippen molar-refractivity contribution in [3.05, 3.63) is 243 Å². The van der Waals surface area contributed by atoms with Crippen LogP contribution < -0.4 is 9.80 Å². The second-order valence-electron chi connectivity index (χ2n) is 16.1. The maximum absolute atomic E-state index is 6.89. The first kappa shape index (κ1) is 37.2. The van der Waals surface area contributed by atoms with Crippen molar-refractivity contribution in [3.8, 4) is 33.4 Å². The summed E-state index contributed by atoms with van der Waals surface area (Å²) in [6.07, 6.45) is 0. The van der Waals surface area contributed by atoms with E-state index in [2.05, 4.69) is 234 Å². The lowest BCUT2D eigenvalue weighted by atomic mass is 10.0. The standard InChI is InChI=1S/C60H40N2O2/c1-4-15-41(16-5-1)42-29-35-48(36-30-42)62(55-26-13-24-52-51-21-10-11-28-57(51)63-59(52)55)49-39-33-44(34-40-49)43-31-37-47(38-32-43)61(46-19-8-3-9-20-46)56-27-14-25-54-53-23-12-22-50(58(53)64-60(54)56)45-17-6-2-7-18-45/h1-40H. The second-order valence-corrected chi connectivity index (χ2v) is 16.1. The molecule has 2 heterocycles. The molecule has 0 aliphatic rings. The highest BCUT2D eigenvalue weighted by Crippen LogP contribution is 2.46. The van der Waals surface area contributed by atoms with E-state index in [9.17, 15) is 0 Å². The molecule has 2 aromatic heterocycles. The van der Waals surface area contributed by atoms with Crippen LogP contribution in [0.5, 0.6) is 0 Å². The van der Waals surface area contributed by atoms with Crippen molar-refractivity contribution in [2.75, 3.05) is 9.80 Å². The van der Waals surface area contributed by atoms with Gasteiger partial charge in [0.05, 0.1) is 11.4 Å². The molecule has 0 fully saturated rings. The number of hydrogen-bond donors (Lipinski definition) is 0. The normalized spacial score (nSPS) is 11.4. The first-order valence-electron chi connectivity index (χ1n) is 21.7. The maximum Gasteiger partial charge on any atom is 0.159 e. The average molecular weight is 821 g/mol. The molecule has 10 aromatic carbocycles. The highest BCUT2D eigenvalue weighted by molar-refractivity contribution is 6.14. The van der Waals surface area contributed by atoms with Crippen molar-refractivity contribution in [2.45, 2.75) is 0 Å². The molecule has 64 heavy (non-hydrogen) atoms. The van der Waals surface area contributed by atoms with E-state index in [0.29, 0.717) is 0 Å². The number of benzene rings is 10. The summed E-state index contributed by atoms with van der Waals surface area (Å²) < 4.78 is 13.5. The van der Waals surface area contributed by atoms with Crippen LogP contribution in [0.25, 0.3) is 77.3 Å². The molecule has 4 heteroatoms. The zero-order valence-electron chi connectivity index (χ0n) is 34.8. The fourth-order valence-electron chi connectivity index (χ4n) is 9.21. The van der Waals surface area contributed by atoms with Gasteiger partial charge < -0.3 is 18.6 Å². The van der Waals surface area contributed by atoms with Crippen LogP contribution in [0.2, 0.25) is 0 Å². The molecule has 0 saturated carbocycles. The van der Waals surface area contributed by atoms with Crippen molar-refractivity contribution >= 4 is 78.0 Å². The first-order chi connectivity index (χ1) is 31.7. The third kappa shape index (κ3) is 6.48. The van der Waals surface area contributed by atoms with Gasteiger partial charge in [-0.25, -0.2) is 0 Å². The Morgan fingerprint density at radius 1 is 0.234 bits per heavy atom. The van der Waals surface area contributed by atoms with Crippen LogP contribution >= 0.6 is 0 Å². The maximum atomic E-state index is 6.89. The van der Waals surface area contributed by atoms with Crippen LogP contribution in [0.4, 0.5) is 34.1 Å². The topological polar surface area (TPSA) is 32.8 Å². The van der Waals surface area contributed by atoms with Gasteiger partial charge in [0.1, 0.15) is 11.2 Å². The quantitative estimate of drug-likeness (QED) is 0.145. The number of nitrogens with zero attached hydrogens (tertiary/aromatic N) is 2. The van der Waals surface area contributed by atoms with Crippen LogP contribution in [0.1, 0.15) is 0 Å². The fourth-order valence-corrected chi connectivity index (χ4v) is 9.21. The van der Waals surface area contributed by atoms with E-state index in [1.807, 2.05) is 18.2 Å². The molecule has 0 bridgehead atoms. The summed E-state index contributed by atoms with van der Waals surface area (Å²) in [6.45, 7) is 0. The van der Waals surface area contributed by atoms with Gasteiger partial charge in [0.25, 0.3) is 0 Å². The Hall–Kier alpha value is -8.60. The molecule has 0 saturated heterocycles. The van der Waals surface area contributed by atoms with E-state index in [1.54, 1.807) is 0 Å². The van der Waals surface area contributed by atoms with Crippen molar-refractivity contribution < 1.29 is 8.83 Å². The zero-order chi connectivity index (χ0) is 42.4. The van der Waals surface area contributed by atoms with E-state index in [0.717, 1.165) is 100 Å². The summed E-state index contributed by atoms with van der Waals surface area (Å²) in [4.78, 5) is 4.59. The molecule has 302 valence electrons. The van der Waals surface area contributed by atoms with E-state index >= 15 is 0 Å². The Kier molecular flexibility index (Phi) is 9.12. The molecule has 0 radical (unpaired) electrons. The fraction of sp³-hybridized carbons (Fsp3) is 0. The second kappa shape index (κ2) is 15.7. The van der Waals surface area contributed by atoms with Crippen LogP contribution in [0, 0.1) is 0 Å². The summed E-state index contributed by atoms with van der Waals surface area (Å²) in [7, 11) is 0. The number of hydrogen-bond acceptors (Lipinski definition) is 4. The molecule has 12 rings (SSSR count). The van der Waals surface area contributed by atoms with Gasteiger partial charge in [-0.15, -0.1) is 0 Å². The van der Waals surface area contributed by atoms with Crippen LogP contribution in [0.3, 0.4) is 0 Å². The van der Waals surface area contributed by atoms with E-state index in [-0.39, 0.29) is 0 Å². The van der Waals surface area contributed by atoms with E-state index < -0.39 is 0 Å². The molecular weight excluding hydrogens is 781 g/mol. The third-order valence-electron chi connectivity index (χ3n) is 12.3. The molecule has 0 N–H and O–H groups in total. The minimum atomic E-state index is 0.849. The molecule has 0 unspecified atom stereocenters. The van der Waals surface area contributed by atoms with Crippen LogP contribution in [-0.4, -0.2) is 0 Å². The summed E-state index contributed by atoms with van der Waals surface area (Å²) in [5.41, 5.74) is 16.4. The molecule has 0 spiro atoms. The molecule has 0 aliphatic carbocycles. The minimum Gasteiger partial charge on any atom is -0.454 e. The highest BCUT2D eigenvalue weighted by atomic mass is 16.3. The van der Waals surface area contributed by atoms with Crippen molar-refractivity contribution in [3.63, 3.8) is 0 Å². The lowest BCUT2D eigenvalue weighted by Crippen LogP contribution is -2.10. The smallest absolute Gasteiger partial charge is 0.159 e. The molecule has 12 aromatic rings. The Morgan fingerprint density at radius 3 is 1.16 bits per heavy atom. The molecule has 0 amide bonds. The number of furan rings is 2. The van der Waals surface area contributed by atoms with Crippen molar-refractivity contribution in [1.82, 2.24) is 0 Å². The lowest BCUT2D eigenvalue weighted by molar-refractivity contribution is 0.669. The number of fused-ring (bicyclic) bond motifs is 6. The largest absolute Gasteiger partial charge is 0.454 e. The van der Waals surface area contributed by atoms with E-state index in [4.69, 9.17) is 8.83 Å². The predicted molar refractivity (Wildman–Crippen MR) is 267 cm³/mol. The Morgan fingerprint density at radius 2 is 0.609 bits per heavy atom. The molecule has 0 aliphatic heterocycles. The van der Waals surface area contributed by atoms with Gasteiger partial charge in [-0.2, -0.15) is 0 Å². The molecular formula is C60H40N2O2. The third-order valence-corrected chi connectivity index (χ3v) is 12.3. The van der Waals surface area contributed by atoms with Gasteiger partial charge in [-0.3, -0.25) is 0 Å². The lowest BCUT2D eigenvalue weighted by Gasteiger charge is -2.26. The van der Waals surface area contributed by atoms with Gasteiger partial charge in [0, 0.05) is 49.9 Å². The number of rotatable bonds is 9. The summed E-state index contributed by atoms with van der Waals surface area (Å²) in [5, 5.41) is 4.38. The summed E-state index contributed by atoms with van der Waals surface area (Å²) in [6, 6.07) is 85.5. The van der Waals surface area contributed by atoms with Gasteiger partial charge in [0.2, 0.25) is 0 Å². The summed E-state index contributed by atoms with van der Waals surface area (Å²) >= 11 is 0. The van der Waals surface area contributed by atoms with Gasteiger partial charge in [0.15, 0.2) is 11.2 Å².